The summed E-state index contributed by atoms with van der Waals surface area (Å²) in [6, 6.07) is 7.20. The minimum absolute atomic E-state index is 0.556. The fourth-order valence-electron chi connectivity index (χ4n) is 2.79. The van der Waals surface area contributed by atoms with Crippen molar-refractivity contribution in [3.05, 3.63) is 23.2 Å². The summed E-state index contributed by atoms with van der Waals surface area (Å²) >= 11 is 1.77. The van der Waals surface area contributed by atoms with E-state index in [1.807, 2.05) is 12.1 Å². The smallest absolute Gasteiger partial charge is 0.120 e. The van der Waals surface area contributed by atoms with Gasteiger partial charge in [0.2, 0.25) is 0 Å². The molecular weight excluding hydrogens is 270 g/mol. The van der Waals surface area contributed by atoms with Gasteiger partial charge in [-0.25, -0.2) is 4.98 Å². The molecule has 1 aromatic carbocycles. The molecule has 108 valence electrons. The minimum Gasteiger partial charge on any atom is -0.497 e. The number of benzene rings is 1. The maximum atomic E-state index is 5.28. The Hall–Kier alpha value is -1.17. The normalized spacial score (nSPS) is 24.1. The van der Waals surface area contributed by atoms with Crippen molar-refractivity contribution in [1.29, 1.82) is 0 Å². The highest BCUT2D eigenvalue weighted by Crippen LogP contribution is 2.28. The van der Waals surface area contributed by atoms with Gasteiger partial charge < -0.3 is 10.1 Å². The van der Waals surface area contributed by atoms with Crippen molar-refractivity contribution in [1.82, 2.24) is 15.2 Å². The predicted octanol–water partition coefficient (Wildman–Crippen LogP) is 2.49. The average molecular weight is 291 g/mol. The standard InChI is InChI=1S/C15H21N3OS/c1-10-7-16-8-11(2)18(10)9-15-17-13-5-4-12(19-3)6-14(13)20-15/h4-6,10-11,16H,7-9H2,1-3H3/t10-,11+. The molecule has 1 saturated heterocycles. The van der Waals surface area contributed by atoms with Gasteiger partial charge in [-0.3, -0.25) is 4.90 Å². The minimum atomic E-state index is 0.556. The first-order valence-electron chi connectivity index (χ1n) is 7.07. The lowest BCUT2D eigenvalue weighted by Gasteiger charge is -2.38. The maximum absolute atomic E-state index is 5.28. The van der Waals surface area contributed by atoms with Crippen LogP contribution in [0.4, 0.5) is 0 Å². The Labute approximate surface area is 123 Å². The molecule has 0 spiro atoms. The third-order valence-electron chi connectivity index (χ3n) is 3.97. The van der Waals surface area contributed by atoms with E-state index in [0.29, 0.717) is 12.1 Å². The number of methoxy groups -OCH3 is 1. The van der Waals surface area contributed by atoms with Gasteiger partial charge in [-0.05, 0) is 32.0 Å². The molecule has 0 amide bonds. The predicted molar refractivity (Wildman–Crippen MR) is 83.5 cm³/mol. The summed E-state index contributed by atoms with van der Waals surface area (Å²) in [6.45, 7) is 7.61. The van der Waals surface area contributed by atoms with Gasteiger partial charge in [0.1, 0.15) is 10.8 Å². The molecule has 0 unspecified atom stereocenters. The van der Waals surface area contributed by atoms with E-state index in [2.05, 4.69) is 30.1 Å². The third kappa shape index (κ3) is 2.66. The van der Waals surface area contributed by atoms with Gasteiger partial charge in [-0.1, -0.05) is 0 Å². The second-order valence-electron chi connectivity index (χ2n) is 5.47. The van der Waals surface area contributed by atoms with Gasteiger partial charge in [0.05, 0.1) is 23.9 Å². The van der Waals surface area contributed by atoms with Gasteiger partial charge >= 0.3 is 0 Å². The third-order valence-corrected chi connectivity index (χ3v) is 4.97. The number of thiazole rings is 1. The van der Waals surface area contributed by atoms with Crippen LogP contribution >= 0.6 is 11.3 Å². The molecule has 1 aliphatic heterocycles. The Bertz CT molecular complexity index is 588. The summed E-state index contributed by atoms with van der Waals surface area (Å²) in [5.74, 6) is 0.900. The van der Waals surface area contributed by atoms with Crippen molar-refractivity contribution in [3.63, 3.8) is 0 Å². The lowest BCUT2D eigenvalue weighted by Crippen LogP contribution is -2.54. The number of piperazine rings is 1. The molecule has 1 aliphatic rings. The second kappa shape index (κ2) is 5.68. The number of ether oxygens (including phenoxy) is 1. The van der Waals surface area contributed by atoms with Crippen molar-refractivity contribution in [2.75, 3.05) is 20.2 Å². The molecule has 5 heteroatoms. The Kier molecular flexibility index (Phi) is 3.92. The van der Waals surface area contributed by atoms with Gasteiger partial charge in [0.15, 0.2) is 0 Å². The molecule has 2 atom stereocenters. The number of nitrogens with one attached hydrogen (secondary N) is 1. The Morgan fingerprint density at radius 1 is 1.35 bits per heavy atom. The number of rotatable bonds is 3. The molecule has 1 fully saturated rings. The zero-order valence-corrected chi connectivity index (χ0v) is 13.0. The lowest BCUT2D eigenvalue weighted by molar-refractivity contribution is 0.109. The molecule has 1 aromatic heterocycles. The zero-order valence-electron chi connectivity index (χ0n) is 12.2. The first-order chi connectivity index (χ1) is 9.67. The van der Waals surface area contributed by atoms with Gasteiger partial charge in [-0.2, -0.15) is 0 Å². The van der Waals surface area contributed by atoms with Gasteiger partial charge in [0.25, 0.3) is 0 Å². The van der Waals surface area contributed by atoms with Crippen LogP contribution in [0.2, 0.25) is 0 Å². The quantitative estimate of drug-likeness (QED) is 0.943. The van der Waals surface area contributed by atoms with Crippen molar-refractivity contribution in [2.24, 2.45) is 0 Å². The lowest BCUT2D eigenvalue weighted by atomic mass is 10.1. The molecule has 2 heterocycles. The van der Waals surface area contributed by atoms with Crippen molar-refractivity contribution < 1.29 is 4.74 Å². The van der Waals surface area contributed by atoms with Crippen LogP contribution in [0.1, 0.15) is 18.9 Å². The van der Waals surface area contributed by atoms with Crippen LogP contribution < -0.4 is 10.1 Å². The number of nitrogens with zero attached hydrogens (tertiary/aromatic N) is 2. The second-order valence-corrected chi connectivity index (χ2v) is 6.59. The summed E-state index contributed by atoms with van der Waals surface area (Å²) in [7, 11) is 1.70. The first kappa shape index (κ1) is 13.8. The van der Waals surface area contributed by atoms with E-state index in [9.17, 15) is 0 Å². The van der Waals surface area contributed by atoms with Crippen LogP contribution in [-0.4, -0.2) is 42.2 Å². The van der Waals surface area contributed by atoms with Crippen LogP contribution in [0.3, 0.4) is 0 Å². The monoisotopic (exact) mass is 291 g/mol. The van der Waals surface area contributed by atoms with Crippen LogP contribution in [0.25, 0.3) is 10.2 Å². The Morgan fingerprint density at radius 3 is 2.80 bits per heavy atom. The Balaban J connectivity index is 1.83. The van der Waals surface area contributed by atoms with Crippen LogP contribution in [0.5, 0.6) is 5.75 Å². The summed E-state index contributed by atoms with van der Waals surface area (Å²) in [5, 5.41) is 4.66. The van der Waals surface area contributed by atoms with Crippen molar-refractivity contribution >= 4 is 21.6 Å². The molecule has 2 aromatic rings. The van der Waals surface area contributed by atoms with E-state index in [4.69, 9.17) is 9.72 Å². The summed E-state index contributed by atoms with van der Waals surface area (Å²) in [4.78, 5) is 7.29. The summed E-state index contributed by atoms with van der Waals surface area (Å²) in [6.07, 6.45) is 0. The number of aromatic nitrogens is 1. The molecule has 0 bridgehead atoms. The van der Waals surface area contributed by atoms with Crippen LogP contribution in [0, 0.1) is 0 Å². The molecule has 0 saturated carbocycles. The van der Waals surface area contributed by atoms with E-state index < -0.39 is 0 Å². The fraction of sp³-hybridized carbons (Fsp3) is 0.533. The van der Waals surface area contributed by atoms with Crippen molar-refractivity contribution in [3.8, 4) is 5.75 Å². The fourth-order valence-corrected chi connectivity index (χ4v) is 3.79. The molecule has 4 nitrogen and oxygen atoms in total. The first-order valence-corrected chi connectivity index (χ1v) is 7.89. The van der Waals surface area contributed by atoms with E-state index in [-0.39, 0.29) is 0 Å². The number of fused-ring (bicyclic) bond motifs is 1. The van der Waals surface area contributed by atoms with Gasteiger partial charge in [0, 0.05) is 25.2 Å². The van der Waals surface area contributed by atoms with E-state index >= 15 is 0 Å². The summed E-state index contributed by atoms with van der Waals surface area (Å²) < 4.78 is 6.48. The Morgan fingerprint density at radius 2 is 2.10 bits per heavy atom. The van der Waals surface area contributed by atoms with E-state index in [0.717, 1.165) is 30.9 Å². The van der Waals surface area contributed by atoms with E-state index in [1.165, 1.54) is 9.71 Å². The summed E-state index contributed by atoms with van der Waals surface area (Å²) in [5.41, 5.74) is 1.07. The largest absolute Gasteiger partial charge is 0.497 e. The molecule has 3 rings (SSSR count). The molecule has 0 aliphatic carbocycles. The number of hydrogen-bond donors (Lipinski definition) is 1. The van der Waals surface area contributed by atoms with Crippen LogP contribution in [0.15, 0.2) is 18.2 Å². The highest BCUT2D eigenvalue weighted by atomic mass is 32.1. The number of hydrogen-bond acceptors (Lipinski definition) is 5. The molecule has 1 N–H and O–H groups in total. The molecular formula is C15H21N3OS. The topological polar surface area (TPSA) is 37.4 Å². The van der Waals surface area contributed by atoms with Crippen LogP contribution in [-0.2, 0) is 6.54 Å². The maximum Gasteiger partial charge on any atom is 0.120 e. The van der Waals surface area contributed by atoms with Gasteiger partial charge in [-0.15, -0.1) is 11.3 Å². The van der Waals surface area contributed by atoms with Crippen molar-refractivity contribution in [2.45, 2.75) is 32.5 Å². The zero-order chi connectivity index (χ0) is 14.1. The highest BCUT2D eigenvalue weighted by molar-refractivity contribution is 7.18. The highest BCUT2D eigenvalue weighted by Gasteiger charge is 2.25. The SMILES string of the molecule is COc1ccc2nc(CN3[C@H](C)CNC[C@@H]3C)sc2c1. The van der Waals surface area contributed by atoms with E-state index in [1.54, 1.807) is 18.4 Å². The molecule has 20 heavy (non-hydrogen) atoms. The molecule has 0 radical (unpaired) electrons. The average Bonchev–Trinajstić information content (AvgIpc) is 2.84.